The smallest absolute Gasteiger partial charge is 0.231 e. The van der Waals surface area contributed by atoms with E-state index < -0.39 is 0 Å². The quantitative estimate of drug-likeness (QED) is 0.662. The van der Waals surface area contributed by atoms with Crippen LogP contribution in [0, 0.1) is 0 Å². The maximum Gasteiger partial charge on any atom is 0.231 e. The maximum atomic E-state index is 5.87. The molecule has 2 N–H and O–H groups in total. The lowest BCUT2D eigenvalue weighted by Gasteiger charge is -2.11. The van der Waals surface area contributed by atoms with E-state index in [4.69, 9.17) is 19.9 Å². The highest BCUT2D eigenvalue weighted by atomic mass is 16.7. The van der Waals surface area contributed by atoms with Gasteiger partial charge in [0.15, 0.2) is 11.5 Å². The first-order valence-electron chi connectivity index (χ1n) is 8.10. The molecule has 0 bridgehead atoms. The summed E-state index contributed by atoms with van der Waals surface area (Å²) in [5.41, 5.74) is 6.74. The lowest BCUT2D eigenvalue weighted by atomic mass is 10.1. The fraction of sp³-hybridized carbons (Fsp3) is 0.647. The van der Waals surface area contributed by atoms with E-state index in [1.807, 2.05) is 12.1 Å². The predicted octanol–water partition coefficient (Wildman–Crippen LogP) is 4.00. The predicted molar refractivity (Wildman–Crippen MR) is 83.9 cm³/mol. The van der Waals surface area contributed by atoms with Crippen molar-refractivity contribution in [3.05, 3.63) is 17.7 Å². The molecule has 1 aliphatic heterocycles. The van der Waals surface area contributed by atoms with E-state index in [0.717, 1.165) is 35.8 Å². The molecule has 1 aromatic carbocycles. The van der Waals surface area contributed by atoms with Crippen molar-refractivity contribution in [2.75, 3.05) is 13.4 Å². The largest absolute Gasteiger partial charge is 0.493 e. The van der Waals surface area contributed by atoms with Gasteiger partial charge in [0, 0.05) is 18.2 Å². The summed E-state index contributed by atoms with van der Waals surface area (Å²) in [6.45, 7) is 3.71. The van der Waals surface area contributed by atoms with E-state index in [2.05, 4.69) is 6.92 Å². The van der Waals surface area contributed by atoms with Crippen molar-refractivity contribution in [2.45, 2.75) is 58.4 Å². The standard InChI is InChI=1S/C17H27NO3/c1-2-3-4-5-6-7-8-9-19-15-11-17-16(20-13-21-17)10-14(15)12-18/h10-11H,2-9,12-13,18H2,1H3. The molecule has 4 nitrogen and oxygen atoms in total. The van der Waals surface area contributed by atoms with Gasteiger partial charge in [0.2, 0.25) is 6.79 Å². The Labute approximate surface area is 127 Å². The minimum absolute atomic E-state index is 0.278. The molecular weight excluding hydrogens is 266 g/mol. The fourth-order valence-corrected chi connectivity index (χ4v) is 2.50. The minimum Gasteiger partial charge on any atom is -0.493 e. The Morgan fingerprint density at radius 3 is 2.38 bits per heavy atom. The van der Waals surface area contributed by atoms with Crippen LogP contribution >= 0.6 is 0 Å². The molecule has 1 aliphatic rings. The number of fused-ring (bicyclic) bond motifs is 1. The van der Waals surface area contributed by atoms with Gasteiger partial charge in [-0.25, -0.2) is 0 Å². The van der Waals surface area contributed by atoms with Crippen molar-refractivity contribution in [2.24, 2.45) is 5.73 Å². The molecule has 4 heteroatoms. The van der Waals surface area contributed by atoms with Gasteiger partial charge < -0.3 is 19.9 Å². The van der Waals surface area contributed by atoms with Crippen LogP contribution in [0.2, 0.25) is 0 Å². The van der Waals surface area contributed by atoms with E-state index in [-0.39, 0.29) is 6.79 Å². The second kappa shape index (κ2) is 8.78. The zero-order valence-corrected chi connectivity index (χ0v) is 13.0. The molecule has 0 aliphatic carbocycles. The molecule has 0 radical (unpaired) electrons. The van der Waals surface area contributed by atoms with Crippen LogP contribution in [0.4, 0.5) is 0 Å². The number of hydrogen-bond donors (Lipinski definition) is 1. The first-order valence-corrected chi connectivity index (χ1v) is 8.10. The van der Waals surface area contributed by atoms with Crippen LogP contribution in [0.15, 0.2) is 12.1 Å². The Morgan fingerprint density at radius 2 is 1.67 bits per heavy atom. The Morgan fingerprint density at radius 1 is 1.00 bits per heavy atom. The van der Waals surface area contributed by atoms with Crippen LogP contribution < -0.4 is 19.9 Å². The van der Waals surface area contributed by atoms with Gasteiger partial charge in [0.1, 0.15) is 5.75 Å². The molecule has 0 saturated heterocycles. The van der Waals surface area contributed by atoms with Crippen LogP contribution in [-0.4, -0.2) is 13.4 Å². The van der Waals surface area contributed by atoms with Gasteiger partial charge >= 0.3 is 0 Å². The molecule has 1 aromatic rings. The lowest BCUT2D eigenvalue weighted by Crippen LogP contribution is -2.04. The number of ether oxygens (including phenoxy) is 3. The average molecular weight is 293 g/mol. The van der Waals surface area contributed by atoms with Gasteiger partial charge in [-0.1, -0.05) is 45.4 Å². The fourth-order valence-electron chi connectivity index (χ4n) is 2.50. The molecule has 118 valence electrons. The van der Waals surface area contributed by atoms with E-state index in [9.17, 15) is 0 Å². The average Bonchev–Trinajstić information content (AvgIpc) is 2.96. The topological polar surface area (TPSA) is 53.7 Å². The second-order valence-corrected chi connectivity index (χ2v) is 5.49. The van der Waals surface area contributed by atoms with Crippen LogP contribution in [-0.2, 0) is 6.54 Å². The number of hydrogen-bond acceptors (Lipinski definition) is 4. The van der Waals surface area contributed by atoms with Gasteiger partial charge in [-0.2, -0.15) is 0 Å². The number of nitrogens with two attached hydrogens (primary N) is 1. The number of benzene rings is 1. The molecule has 0 fully saturated rings. The van der Waals surface area contributed by atoms with E-state index >= 15 is 0 Å². The van der Waals surface area contributed by atoms with Gasteiger partial charge in [0.05, 0.1) is 6.61 Å². The molecule has 0 aromatic heterocycles. The first kappa shape index (κ1) is 16.0. The molecule has 0 atom stereocenters. The van der Waals surface area contributed by atoms with Gasteiger partial charge in [0.25, 0.3) is 0 Å². The normalized spacial score (nSPS) is 12.7. The van der Waals surface area contributed by atoms with Crippen molar-refractivity contribution >= 4 is 0 Å². The van der Waals surface area contributed by atoms with Crippen LogP contribution in [0.5, 0.6) is 17.2 Å². The summed E-state index contributed by atoms with van der Waals surface area (Å²) in [4.78, 5) is 0. The van der Waals surface area contributed by atoms with Crippen LogP contribution in [0.1, 0.15) is 57.4 Å². The van der Waals surface area contributed by atoms with Crippen LogP contribution in [0.3, 0.4) is 0 Å². The third kappa shape index (κ3) is 4.81. The number of unbranched alkanes of at least 4 members (excludes halogenated alkanes) is 6. The molecule has 2 rings (SSSR count). The summed E-state index contributed by atoms with van der Waals surface area (Å²) in [6, 6.07) is 3.81. The Bertz CT molecular complexity index is 434. The molecular formula is C17H27NO3. The third-order valence-corrected chi connectivity index (χ3v) is 3.78. The maximum absolute atomic E-state index is 5.87. The summed E-state index contributed by atoms with van der Waals surface area (Å²) >= 11 is 0. The molecule has 0 unspecified atom stereocenters. The van der Waals surface area contributed by atoms with Crippen molar-refractivity contribution in [1.29, 1.82) is 0 Å². The first-order chi connectivity index (χ1) is 10.3. The van der Waals surface area contributed by atoms with E-state index in [1.165, 1.54) is 38.5 Å². The number of rotatable bonds is 10. The molecule has 21 heavy (non-hydrogen) atoms. The molecule has 0 amide bonds. The van der Waals surface area contributed by atoms with Crippen molar-refractivity contribution in [1.82, 2.24) is 0 Å². The highest BCUT2D eigenvalue weighted by Crippen LogP contribution is 2.38. The highest BCUT2D eigenvalue weighted by molar-refractivity contribution is 5.51. The van der Waals surface area contributed by atoms with Gasteiger partial charge in [-0.15, -0.1) is 0 Å². The zero-order valence-electron chi connectivity index (χ0n) is 13.0. The highest BCUT2D eigenvalue weighted by Gasteiger charge is 2.17. The Kier molecular flexibility index (Phi) is 6.67. The van der Waals surface area contributed by atoms with Gasteiger partial charge in [-0.05, 0) is 12.5 Å². The summed E-state index contributed by atoms with van der Waals surface area (Å²) < 4.78 is 16.6. The SMILES string of the molecule is CCCCCCCCCOc1cc2c(cc1CN)OCO2. The molecule has 0 saturated carbocycles. The Hall–Kier alpha value is -1.42. The van der Waals surface area contributed by atoms with Crippen LogP contribution in [0.25, 0.3) is 0 Å². The van der Waals surface area contributed by atoms with Crippen molar-refractivity contribution < 1.29 is 14.2 Å². The summed E-state index contributed by atoms with van der Waals surface area (Å²) in [7, 11) is 0. The summed E-state index contributed by atoms with van der Waals surface area (Å²) in [5.74, 6) is 2.34. The summed E-state index contributed by atoms with van der Waals surface area (Å²) in [5, 5.41) is 0. The minimum atomic E-state index is 0.278. The molecule has 0 spiro atoms. The molecule has 1 heterocycles. The Balaban J connectivity index is 1.71. The second-order valence-electron chi connectivity index (χ2n) is 5.49. The van der Waals surface area contributed by atoms with E-state index in [0.29, 0.717) is 6.54 Å². The van der Waals surface area contributed by atoms with Crippen molar-refractivity contribution in [3.63, 3.8) is 0 Å². The van der Waals surface area contributed by atoms with Gasteiger partial charge in [-0.3, -0.25) is 0 Å². The third-order valence-electron chi connectivity index (χ3n) is 3.78. The van der Waals surface area contributed by atoms with E-state index in [1.54, 1.807) is 0 Å². The lowest BCUT2D eigenvalue weighted by molar-refractivity contribution is 0.173. The zero-order chi connectivity index (χ0) is 14.9. The monoisotopic (exact) mass is 293 g/mol. The van der Waals surface area contributed by atoms with Crippen molar-refractivity contribution in [3.8, 4) is 17.2 Å². The summed E-state index contributed by atoms with van der Waals surface area (Å²) in [6.07, 6.45) is 8.97.